The average Bonchev–Trinajstić information content (AvgIpc) is 3.23. The number of phenolic OH excluding ortho intramolecular Hbond substituents is 1. The van der Waals surface area contributed by atoms with Crippen LogP contribution in [-0.4, -0.2) is 38.0 Å². The van der Waals surface area contributed by atoms with Gasteiger partial charge in [0.05, 0.1) is 5.56 Å². The fourth-order valence-corrected chi connectivity index (χ4v) is 3.92. The molecule has 2 fully saturated rings. The predicted octanol–water partition coefficient (Wildman–Crippen LogP) is 1.80. The Balaban J connectivity index is 1.80. The molecule has 7 nitrogen and oxygen atoms in total. The van der Waals surface area contributed by atoms with Crippen molar-refractivity contribution in [2.45, 2.75) is 24.8 Å². The highest BCUT2D eigenvalue weighted by Crippen LogP contribution is 2.49. The monoisotopic (exact) mass is 404 g/mol. The predicted molar refractivity (Wildman–Crippen MR) is 86.1 cm³/mol. The van der Waals surface area contributed by atoms with Crippen LogP contribution in [0.4, 0.5) is 23.2 Å². The summed E-state index contributed by atoms with van der Waals surface area (Å²) in [5.41, 5.74) is -2.91. The Kier molecular flexibility index (Phi) is 3.91. The number of amides is 1. The van der Waals surface area contributed by atoms with Gasteiger partial charge in [-0.05, 0) is 25.0 Å². The van der Waals surface area contributed by atoms with Crippen molar-refractivity contribution < 1.29 is 31.7 Å². The van der Waals surface area contributed by atoms with E-state index in [1.165, 1.54) is 0 Å². The highest BCUT2D eigenvalue weighted by atomic mass is 32.2. The minimum atomic E-state index is -2.76. The Hall–Kier alpha value is -2.63. The average molecular weight is 404 g/mol. The van der Waals surface area contributed by atoms with E-state index in [-0.39, 0.29) is 24.0 Å². The van der Waals surface area contributed by atoms with E-state index in [4.69, 9.17) is 0 Å². The highest BCUT2D eigenvalue weighted by Gasteiger charge is 2.54. The van der Waals surface area contributed by atoms with Crippen molar-refractivity contribution in [1.82, 2.24) is 14.5 Å². The molecule has 1 atom stereocenters. The van der Waals surface area contributed by atoms with Crippen molar-refractivity contribution in [3.63, 3.8) is 0 Å². The Morgan fingerprint density at radius 3 is 2.52 bits per heavy atom. The maximum atomic E-state index is 15.0. The van der Waals surface area contributed by atoms with Crippen LogP contribution < -0.4 is 9.03 Å². The van der Waals surface area contributed by atoms with Gasteiger partial charge in [0.2, 0.25) is 17.1 Å². The summed E-state index contributed by atoms with van der Waals surface area (Å²) in [7, 11) is 0. The molecule has 27 heavy (non-hydrogen) atoms. The Morgan fingerprint density at radius 1 is 1.26 bits per heavy atom. The van der Waals surface area contributed by atoms with E-state index in [1.807, 2.05) is 4.72 Å². The molecule has 1 aliphatic carbocycles. The number of anilines is 1. The third kappa shape index (κ3) is 2.66. The number of benzene rings is 1. The van der Waals surface area contributed by atoms with Gasteiger partial charge < -0.3 is 5.11 Å². The van der Waals surface area contributed by atoms with E-state index in [0.29, 0.717) is 0 Å². The first-order valence-corrected chi connectivity index (χ1v) is 8.90. The van der Waals surface area contributed by atoms with Gasteiger partial charge in [-0.3, -0.25) is 18.5 Å². The molecule has 4 rings (SSSR count). The topological polar surface area (TPSA) is 87.5 Å². The molecule has 2 N–H and O–H groups in total. The molecule has 0 spiro atoms. The molecule has 1 saturated carbocycles. The number of alkyl halides is 2. The summed E-state index contributed by atoms with van der Waals surface area (Å²) in [6.07, 6.45) is -1.53. The molecule has 12 heteroatoms. The summed E-state index contributed by atoms with van der Waals surface area (Å²) in [5, 5.41) is 13.4. The zero-order valence-electron chi connectivity index (χ0n) is 13.5. The molecular formula is C15H12F4N4O3S. The molecule has 1 amide bonds. The molecule has 2 heterocycles. The fourth-order valence-electron chi connectivity index (χ4n) is 2.97. The lowest BCUT2D eigenvalue weighted by Gasteiger charge is -2.17. The second kappa shape index (κ2) is 5.94. The first-order chi connectivity index (χ1) is 12.7. The van der Waals surface area contributed by atoms with Crippen LogP contribution in [0.15, 0.2) is 18.3 Å². The normalized spacial score (nSPS) is 21.0. The number of carbonyl (C=O) groups excluding carboxylic acids is 1. The molecule has 1 aromatic heterocycles. The van der Waals surface area contributed by atoms with Gasteiger partial charge in [-0.25, -0.2) is 17.4 Å². The van der Waals surface area contributed by atoms with Crippen molar-refractivity contribution in [3.05, 3.63) is 30.1 Å². The number of rotatable bonds is 4. The quantitative estimate of drug-likeness (QED) is 0.761. The molecule has 1 saturated heterocycles. The SMILES string of the molecule is O=C1CN(c2c(O)ccc(-c3cn(C4(C(F)F)CC4)nc3F)c2F)S(=O)N1. The number of nitrogens with one attached hydrogen (secondary N) is 1. The standard InChI is InChI=1S/C15H12F4N4O3S/c16-11-7(1-2-9(24)12(11)22-6-10(25)21-27(22)26)8-5-23(20-13(8)17)15(3-4-15)14(18)19/h1-2,5,14,24H,3-4,6H2,(H,21,25). The molecule has 2 aliphatic rings. The summed E-state index contributed by atoms with van der Waals surface area (Å²) in [6, 6.07) is 2.08. The van der Waals surface area contributed by atoms with Crippen LogP contribution in [0, 0.1) is 11.8 Å². The number of halogens is 4. The van der Waals surface area contributed by atoms with Crippen LogP contribution in [0.1, 0.15) is 12.8 Å². The van der Waals surface area contributed by atoms with Crippen LogP contribution in [0.3, 0.4) is 0 Å². The molecule has 144 valence electrons. The van der Waals surface area contributed by atoms with Gasteiger partial charge in [0.15, 0.2) is 5.82 Å². The number of nitrogens with zero attached hydrogens (tertiary/aromatic N) is 3. The van der Waals surface area contributed by atoms with Gasteiger partial charge in [-0.2, -0.15) is 4.39 Å². The van der Waals surface area contributed by atoms with E-state index in [9.17, 15) is 27.3 Å². The van der Waals surface area contributed by atoms with E-state index in [1.54, 1.807) is 0 Å². The van der Waals surface area contributed by atoms with E-state index in [0.717, 1.165) is 27.3 Å². The maximum Gasteiger partial charge on any atom is 0.263 e. The van der Waals surface area contributed by atoms with E-state index < -0.39 is 58.8 Å². The minimum Gasteiger partial charge on any atom is -0.506 e. The number of hydrogen-bond donors (Lipinski definition) is 2. The number of carbonyl (C=O) groups is 1. The van der Waals surface area contributed by atoms with Gasteiger partial charge in [-0.15, -0.1) is 5.10 Å². The molecule has 0 bridgehead atoms. The van der Waals surface area contributed by atoms with E-state index in [2.05, 4.69) is 5.10 Å². The van der Waals surface area contributed by atoms with Gasteiger partial charge in [0.1, 0.15) is 23.5 Å². The Morgan fingerprint density at radius 2 is 1.96 bits per heavy atom. The second-order valence-electron chi connectivity index (χ2n) is 6.29. The third-order valence-corrected chi connectivity index (χ3v) is 5.73. The van der Waals surface area contributed by atoms with Crippen LogP contribution in [0.5, 0.6) is 5.75 Å². The van der Waals surface area contributed by atoms with Gasteiger partial charge in [0.25, 0.3) is 12.3 Å². The van der Waals surface area contributed by atoms with Gasteiger partial charge in [-0.1, -0.05) is 0 Å². The van der Waals surface area contributed by atoms with Crippen LogP contribution in [0.25, 0.3) is 11.1 Å². The summed E-state index contributed by atoms with van der Waals surface area (Å²) in [5.74, 6) is -3.57. The Bertz CT molecular complexity index is 976. The fraction of sp³-hybridized carbons (Fsp3) is 0.333. The second-order valence-corrected chi connectivity index (χ2v) is 7.43. The summed E-state index contributed by atoms with van der Waals surface area (Å²) in [6.45, 7) is -0.475. The summed E-state index contributed by atoms with van der Waals surface area (Å²) < 4.78 is 71.2. The van der Waals surface area contributed by atoms with Crippen molar-refractivity contribution in [3.8, 4) is 16.9 Å². The van der Waals surface area contributed by atoms with Gasteiger partial charge in [0, 0.05) is 11.8 Å². The van der Waals surface area contributed by atoms with Crippen LogP contribution in [0.2, 0.25) is 0 Å². The lowest BCUT2D eigenvalue weighted by molar-refractivity contribution is -0.117. The maximum absolute atomic E-state index is 15.0. The van der Waals surface area contributed by atoms with Crippen molar-refractivity contribution in [1.29, 1.82) is 0 Å². The number of aromatic hydroxyl groups is 1. The van der Waals surface area contributed by atoms with Gasteiger partial charge >= 0.3 is 0 Å². The lowest BCUT2D eigenvalue weighted by atomic mass is 10.1. The first-order valence-electron chi connectivity index (χ1n) is 7.79. The molecule has 2 aromatic rings. The molecule has 1 unspecified atom stereocenters. The highest BCUT2D eigenvalue weighted by molar-refractivity contribution is 7.85. The molecule has 0 radical (unpaired) electrons. The Labute approximate surface area is 152 Å². The van der Waals surface area contributed by atoms with Crippen molar-refractivity contribution in [2.24, 2.45) is 0 Å². The van der Waals surface area contributed by atoms with Crippen LogP contribution >= 0.6 is 0 Å². The third-order valence-electron chi connectivity index (χ3n) is 4.62. The largest absolute Gasteiger partial charge is 0.506 e. The minimum absolute atomic E-state index is 0.120. The van der Waals surface area contributed by atoms with Crippen molar-refractivity contribution >= 4 is 22.8 Å². The van der Waals surface area contributed by atoms with E-state index >= 15 is 4.39 Å². The van der Waals surface area contributed by atoms with Crippen LogP contribution in [-0.2, 0) is 21.5 Å². The first kappa shape index (κ1) is 17.8. The lowest BCUT2D eigenvalue weighted by Crippen LogP contribution is -2.26. The molecular weight excluding hydrogens is 392 g/mol. The zero-order chi connectivity index (χ0) is 19.5. The smallest absolute Gasteiger partial charge is 0.263 e. The summed E-state index contributed by atoms with van der Waals surface area (Å²) in [4.78, 5) is 11.4. The van der Waals surface area contributed by atoms with Crippen molar-refractivity contribution in [2.75, 3.05) is 10.8 Å². The molecule has 1 aromatic carbocycles. The number of aromatic nitrogens is 2. The molecule has 1 aliphatic heterocycles. The number of phenols is 1. The summed E-state index contributed by atoms with van der Waals surface area (Å²) >= 11 is -2.12. The number of hydrogen-bond acceptors (Lipinski definition) is 4. The zero-order valence-corrected chi connectivity index (χ0v) is 14.3.